The number of carbonyl (C=O) groups excluding carboxylic acids is 1. The third-order valence-electron chi connectivity index (χ3n) is 2.78. The maximum atomic E-state index is 13.3. The monoisotopic (exact) mass is 262 g/mol. The average Bonchev–Trinajstić information content (AvgIpc) is 2.38. The molecule has 2 aromatic carbocycles. The summed E-state index contributed by atoms with van der Waals surface area (Å²) in [7, 11) is 0. The number of nitrogens with two attached hydrogens (primary N) is 1. The van der Waals surface area contributed by atoms with Gasteiger partial charge in [-0.15, -0.1) is 0 Å². The van der Waals surface area contributed by atoms with Crippen molar-refractivity contribution in [2.24, 2.45) is 0 Å². The summed E-state index contributed by atoms with van der Waals surface area (Å²) < 4.78 is 26.4. The van der Waals surface area contributed by atoms with Crippen molar-refractivity contribution in [3.8, 4) is 0 Å². The number of carbonyl (C=O) groups is 1. The Morgan fingerprint density at radius 2 is 1.95 bits per heavy atom. The van der Waals surface area contributed by atoms with Gasteiger partial charge in [0.1, 0.15) is 11.6 Å². The molecular formula is C14H12F2N2O. The van der Waals surface area contributed by atoms with Crippen LogP contribution in [0, 0.1) is 18.6 Å². The first-order valence-corrected chi connectivity index (χ1v) is 5.60. The molecule has 0 spiro atoms. The Morgan fingerprint density at radius 3 is 2.68 bits per heavy atom. The molecule has 0 atom stereocenters. The maximum absolute atomic E-state index is 13.3. The van der Waals surface area contributed by atoms with Crippen LogP contribution in [0.4, 0.5) is 20.2 Å². The fourth-order valence-electron chi connectivity index (χ4n) is 1.66. The Hall–Kier alpha value is -2.43. The van der Waals surface area contributed by atoms with Gasteiger partial charge in [0.2, 0.25) is 0 Å². The zero-order valence-electron chi connectivity index (χ0n) is 10.2. The van der Waals surface area contributed by atoms with E-state index in [0.717, 1.165) is 6.07 Å². The predicted octanol–water partition coefficient (Wildman–Crippen LogP) is 3.11. The van der Waals surface area contributed by atoms with Gasteiger partial charge in [-0.25, -0.2) is 8.78 Å². The van der Waals surface area contributed by atoms with E-state index in [2.05, 4.69) is 5.32 Å². The smallest absolute Gasteiger partial charge is 0.257 e. The number of benzene rings is 2. The molecule has 0 unspecified atom stereocenters. The van der Waals surface area contributed by atoms with Gasteiger partial charge in [0.05, 0.1) is 5.56 Å². The van der Waals surface area contributed by atoms with Crippen LogP contribution in [0.5, 0.6) is 0 Å². The molecule has 0 heterocycles. The number of hydrogen-bond donors (Lipinski definition) is 2. The summed E-state index contributed by atoms with van der Waals surface area (Å²) in [6, 6.07) is 7.85. The predicted molar refractivity (Wildman–Crippen MR) is 69.9 cm³/mol. The highest BCUT2D eigenvalue weighted by atomic mass is 19.1. The van der Waals surface area contributed by atoms with Crippen LogP contribution in [0.2, 0.25) is 0 Å². The van der Waals surface area contributed by atoms with Crippen molar-refractivity contribution in [3.63, 3.8) is 0 Å². The molecule has 1 amide bonds. The normalized spacial score (nSPS) is 10.3. The zero-order valence-corrected chi connectivity index (χ0v) is 10.2. The van der Waals surface area contributed by atoms with Gasteiger partial charge in [-0.2, -0.15) is 0 Å². The Balaban J connectivity index is 2.31. The van der Waals surface area contributed by atoms with E-state index in [1.807, 2.05) is 0 Å². The standard InChI is InChI=1S/C14H12F2N2O/c1-8-11(16)3-2-4-13(8)18-14(19)10-7-9(15)5-6-12(10)17/h2-7H,17H2,1H3,(H,18,19). The SMILES string of the molecule is Cc1c(F)cccc1NC(=O)c1cc(F)ccc1N. The minimum absolute atomic E-state index is 0.0173. The van der Waals surface area contributed by atoms with Crippen LogP contribution in [-0.2, 0) is 0 Å². The maximum Gasteiger partial charge on any atom is 0.257 e. The number of amides is 1. The molecule has 98 valence electrons. The molecule has 2 rings (SSSR count). The van der Waals surface area contributed by atoms with Crippen molar-refractivity contribution in [1.29, 1.82) is 0 Å². The van der Waals surface area contributed by atoms with Crippen molar-refractivity contribution in [2.75, 3.05) is 11.1 Å². The van der Waals surface area contributed by atoms with E-state index in [1.54, 1.807) is 13.0 Å². The molecule has 0 fully saturated rings. The van der Waals surface area contributed by atoms with E-state index in [4.69, 9.17) is 5.73 Å². The lowest BCUT2D eigenvalue weighted by atomic mass is 10.1. The van der Waals surface area contributed by atoms with Crippen molar-refractivity contribution in [3.05, 3.63) is 59.2 Å². The topological polar surface area (TPSA) is 55.1 Å². The molecular weight excluding hydrogens is 250 g/mol. The molecule has 0 aliphatic carbocycles. The minimum Gasteiger partial charge on any atom is -0.398 e. The molecule has 5 heteroatoms. The fraction of sp³-hybridized carbons (Fsp3) is 0.0714. The largest absolute Gasteiger partial charge is 0.398 e. The third kappa shape index (κ3) is 2.70. The number of anilines is 2. The first-order valence-electron chi connectivity index (χ1n) is 5.60. The van der Waals surface area contributed by atoms with E-state index in [1.165, 1.54) is 24.3 Å². The van der Waals surface area contributed by atoms with Gasteiger partial charge in [-0.3, -0.25) is 4.79 Å². The van der Waals surface area contributed by atoms with Gasteiger partial charge >= 0.3 is 0 Å². The molecule has 0 aliphatic heterocycles. The second kappa shape index (κ2) is 5.06. The summed E-state index contributed by atoms with van der Waals surface area (Å²) in [4.78, 5) is 12.0. The Morgan fingerprint density at radius 1 is 1.21 bits per heavy atom. The molecule has 0 saturated carbocycles. The Labute approximate surface area is 109 Å². The van der Waals surface area contributed by atoms with Crippen LogP contribution >= 0.6 is 0 Å². The summed E-state index contributed by atoms with van der Waals surface area (Å²) in [5.41, 5.74) is 6.43. The van der Waals surface area contributed by atoms with E-state index >= 15 is 0 Å². The van der Waals surface area contributed by atoms with Gasteiger partial charge in [0.15, 0.2) is 0 Å². The van der Waals surface area contributed by atoms with Gasteiger partial charge in [0, 0.05) is 16.9 Å². The van der Waals surface area contributed by atoms with Crippen molar-refractivity contribution in [2.45, 2.75) is 6.92 Å². The molecule has 3 nitrogen and oxygen atoms in total. The van der Waals surface area contributed by atoms with Crippen LogP contribution in [-0.4, -0.2) is 5.91 Å². The molecule has 2 aromatic rings. The molecule has 0 bridgehead atoms. The highest BCUT2D eigenvalue weighted by molar-refractivity contribution is 6.08. The van der Waals surface area contributed by atoms with Crippen molar-refractivity contribution < 1.29 is 13.6 Å². The van der Waals surface area contributed by atoms with Gasteiger partial charge in [-0.1, -0.05) is 6.07 Å². The molecule has 0 radical (unpaired) electrons. The van der Waals surface area contributed by atoms with Gasteiger partial charge in [0.25, 0.3) is 5.91 Å². The minimum atomic E-state index is -0.578. The summed E-state index contributed by atoms with van der Waals surface area (Å²) in [6.45, 7) is 1.54. The number of nitrogen functional groups attached to an aromatic ring is 1. The van der Waals surface area contributed by atoms with Crippen LogP contribution in [0.15, 0.2) is 36.4 Å². The van der Waals surface area contributed by atoms with E-state index < -0.39 is 17.5 Å². The number of nitrogens with one attached hydrogen (secondary N) is 1. The molecule has 3 N–H and O–H groups in total. The van der Waals surface area contributed by atoms with Crippen LogP contribution in [0.1, 0.15) is 15.9 Å². The third-order valence-corrected chi connectivity index (χ3v) is 2.78. The molecule has 19 heavy (non-hydrogen) atoms. The lowest BCUT2D eigenvalue weighted by molar-refractivity contribution is 0.102. The molecule has 0 aromatic heterocycles. The van der Waals surface area contributed by atoms with Gasteiger partial charge < -0.3 is 11.1 Å². The van der Waals surface area contributed by atoms with Crippen LogP contribution in [0.3, 0.4) is 0 Å². The Kier molecular flexibility index (Phi) is 3.46. The van der Waals surface area contributed by atoms with E-state index in [0.29, 0.717) is 11.3 Å². The number of hydrogen-bond acceptors (Lipinski definition) is 2. The lowest BCUT2D eigenvalue weighted by Gasteiger charge is -2.10. The second-order valence-corrected chi connectivity index (χ2v) is 4.10. The van der Waals surface area contributed by atoms with Crippen LogP contribution < -0.4 is 11.1 Å². The summed E-state index contributed by atoms with van der Waals surface area (Å²) >= 11 is 0. The van der Waals surface area contributed by atoms with Gasteiger partial charge in [-0.05, 0) is 37.3 Å². The molecule has 0 saturated heterocycles. The summed E-state index contributed by atoms with van der Waals surface area (Å²) in [5, 5.41) is 2.51. The van der Waals surface area contributed by atoms with Crippen molar-refractivity contribution in [1.82, 2.24) is 0 Å². The molecule has 0 aliphatic rings. The zero-order chi connectivity index (χ0) is 14.0. The number of halogens is 2. The first kappa shape index (κ1) is 13.0. The highest BCUT2D eigenvalue weighted by Crippen LogP contribution is 2.20. The van der Waals surface area contributed by atoms with Crippen LogP contribution in [0.25, 0.3) is 0 Å². The van der Waals surface area contributed by atoms with E-state index in [-0.39, 0.29) is 11.3 Å². The second-order valence-electron chi connectivity index (χ2n) is 4.10. The van der Waals surface area contributed by atoms with E-state index in [9.17, 15) is 13.6 Å². The first-order chi connectivity index (χ1) is 8.99. The van der Waals surface area contributed by atoms with Crippen molar-refractivity contribution >= 4 is 17.3 Å². The summed E-state index contributed by atoms with van der Waals surface area (Å²) in [6.07, 6.45) is 0. The lowest BCUT2D eigenvalue weighted by Crippen LogP contribution is -2.15. The summed E-state index contributed by atoms with van der Waals surface area (Å²) in [5.74, 6) is -1.56. The fourth-order valence-corrected chi connectivity index (χ4v) is 1.66. The highest BCUT2D eigenvalue weighted by Gasteiger charge is 2.13. The average molecular weight is 262 g/mol. The quantitative estimate of drug-likeness (QED) is 0.817. The number of rotatable bonds is 2. The Bertz CT molecular complexity index is 641.